The molecule has 0 saturated heterocycles. The molecule has 4 aliphatic rings. The molecule has 10 aromatic rings. The molecule has 80 heavy (non-hydrogen) atoms. The third-order valence-electron chi connectivity index (χ3n) is 13.6. The van der Waals surface area contributed by atoms with Crippen LogP contribution in [0.4, 0.5) is 0 Å². The highest BCUT2D eigenvalue weighted by Gasteiger charge is 2.46. The van der Waals surface area contributed by atoms with Crippen LogP contribution in [0.15, 0.2) is 210 Å². The minimum atomic E-state index is -0.390. The van der Waals surface area contributed by atoms with E-state index in [1.54, 1.807) is 6.26 Å². The van der Waals surface area contributed by atoms with Gasteiger partial charge in [-0.05, 0) is 112 Å². The van der Waals surface area contributed by atoms with E-state index < -0.39 is 0 Å². The van der Waals surface area contributed by atoms with Crippen molar-refractivity contribution >= 4 is 44.5 Å². The van der Waals surface area contributed by atoms with Gasteiger partial charge in [-0.2, -0.15) is 0 Å². The fourth-order valence-electron chi connectivity index (χ4n) is 11.2. The largest absolute Gasteiger partial charge is 0.464 e. The van der Waals surface area contributed by atoms with Gasteiger partial charge in [0.2, 0.25) is 0 Å². The summed E-state index contributed by atoms with van der Waals surface area (Å²) in [6, 6.07) is 66.6. The van der Waals surface area contributed by atoms with Crippen LogP contribution >= 0.6 is 11.3 Å². The van der Waals surface area contributed by atoms with E-state index >= 15 is 0 Å². The standard InChI is InChI=1S/C29H18O.C29H18S.10C2H6/c1-2-8-22-21(7-1)23-9-3-5-11-25(23)29(26-12-6-4-10-24(22)26)17-15-19-13-14-20-16-18-30-28(20)27(19)29;1-2-8-21-20(7-1)22-9-3-5-11-25(22)29(26-12-6-4-10-23(21)26)17-15-19-13-14-27-24(28(19)29)16-18-30-27;10*1-2/h2*1-18H;10*1-2H3. The van der Waals surface area contributed by atoms with Gasteiger partial charge in [-0.15, -0.1) is 11.3 Å². The molecule has 0 N–H and O–H groups in total. The van der Waals surface area contributed by atoms with E-state index in [4.69, 9.17) is 4.42 Å². The molecule has 2 aromatic heterocycles. The van der Waals surface area contributed by atoms with E-state index in [9.17, 15) is 0 Å². The molecule has 0 bridgehead atoms. The van der Waals surface area contributed by atoms with E-state index in [-0.39, 0.29) is 10.8 Å². The number of hydrogen-bond donors (Lipinski definition) is 0. The summed E-state index contributed by atoms with van der Waals surface area (Å²) in [5, 5.41) is 4.74. The zero-order valence-corrected chi connectivity index (χ0v) is 53.4. The zero-order valence-electron chi connectivity index (χ0n) is 52.6. The van der Waals surface area contributed by atoms with Crippen LogP contribution in [0.5, 0.6) is 0 Å². The first-order chi connectivity index (χ1) is 39.8. The summed E-state index contributed by atoms with van der Waals surface area (Å²) < 4.78 is 7.45. The number of fused-ring (bicyclic) bond motifs is 22. The lowest BCUT2D eigenvalue weighted by Gasteiger charge is -2.33. The van der Waals surface area contributed by atoms with E-state index in [2.05, 4.69) is 212 Å². The molecule has 1 nitrogen and oxygen atoms in total. The fraction of sp³-hybridized carbons (Fsp3) is 0.282. The normalized spacial score (nSPS) is 11.8. The van der Waals surface area contributed by atoms with E-state index in [0.717, 1.165) is 11.0 Å². The molecule has 420 valence electrons. The maximum absolute atomic E-state index is 6.10. The topological polar surface area (TPSA) is 13.1 Å². The molecule has 0 unspecified atom stereocenters. The van der Waals surface area contributed by atoms with Crippen molar-refractivity contribution in [1.82, 2.24) is 0 Å². The maximum Gasteiger partial charge on any atom is 0.139 e. The van der Waals surface area contributed by atoms with E-state index in [0.29, 0.717) is 0 Å². The second-order valence-electron chi connectivity index (χ2n) is 16.3. The fourth-order valence-corrected chi connectivity index (χ4v) is 12.0. The van der Waals surface area contributed by atoms with Crippen molar-refractivity contribution < 1.29 is 4.42 Å². The van der Waals surface area contributed by atoms with Gasteiger partial charge in [-0.25, -0.2) is 0 Å². The molecule has 14 rings (SSSR count). The van der Waals surface area contributed by atoms with Crippen LogP contribution in [-0.2, 0) is 10.8 Å². The Morgan fingerprint density at radius 3 is 0.988 bits per heavy atom. The van der Waals surface area contributed by atoms with Crippen molar-refractivity contribution in [2.75, 3.05) is 0 Å². The van der Waals surface area contributed by atoms with Gasteiger partial charge in [0, 0.05) is 15.6 Å². The first kappa shape index (κ1) is 67.0. The highest BCUT2D eigenvalue weighted by molar-refractivity contribution is 7.17. The van der Waals surface area contributed by atoms with Crippen LogP contribution in [0.25, 0.3) is 77.7 Å². The van der Waals surface area contributed by atoms with Crippen molar-refractivity contribution in [3.8, 4) is 44.5 Å². The molecule has 4 aliphatic carbocycles. The third-order valence-corrected chi connectivity index (χ3v) is 14.4. The van der Waals surface area contributed by atoms with Crippen LogP contribution < -0.4 is 0 Å². The maximum atomic E-state index is 6.10. The van der Waals surface area contributed by atoms with Gasteiger partial charge in [0.25, 0.3) is 0 Å². The molecular formula is C78H96OS. The van der Waals surface area contributed by atoms with Crippen molar-refractivity contribution in [3.05, 3.63) is 250 Å². The molecule has 2 heteroatoms. The van der Waals surface area contributed by atoms with E-state index in [1.165, 1.54) is 99.1 Å². The van der Waals surface area contributed by atoms with Crippen molar-refractivity contribution in [1.29, 1.82) is 0 Å². The lowest BCUT2D eigenvalue weighted by Crippen LogP contribution is -2.26. The third kappa shape index (κ3) is 12.1. The predicted molar refractivity (Wildman–Crippen MR) is 364 cm³/mol. The number of hydrogen-bond acceptors (Lipinski definition) is 2. The van der Waals surface area contributed by atoms with E-state index in [1.807, 2.05) is 150 Å². The monoisotopic (exact) mass is 1080 g/mol. The minimum Gasteiger partial charge on any atom is -0.464 e. The molecular weight excluding hydrogens is 985 g/mol. The Morgan fingerprint density at radius 1 is 0.300 bits per heavy atom. The first-order valence-electron chi connectivity index (χ1n) is 30.7. The molecule has 0 atom stereocenters. The second kappa shape index (κ2) is 34.0. The van der Waals surface area contributed by atoms with Gasteiger partial charge in [-0.3, -0.25) is 0 Å². The molecule has 0 fully saturated rings. The predicted octanol–water partition coefficient (Wildman–Crippen LogP) is 25.6. The molecule has 8 aromatic carbocycles. The van der Waals surface area contributed by atoms with Gasteiger partial charge in [0.1, 0.15) is 5.58 Å². The molecule has 0 amide bonds. The summed E-state index contributed by atoms with van der Waals surface area (Å²) in [5.74, 6) is 0. The summed E-state index contributed by atoms with van der Waals surface area (Å²) in [6.07, 6.45) is 11.2. The number of furan rings is 1. The van der Waals surface area contributed by atoms with Crippen LogP contribution in [0.1, 0.15) is 183 Å². The zero-order chi connectivity index (χ0) is 59.4. The molecule has 2 heterocycles. The highest BCUT2D eigenvalue weighted by atomic mass is 32.1. The Balaban J connectivity index is 0.000000321. The summed E-state index contributed by atoms with van der Waals surface area (Å²) in [5.41, 5.74) is 21.3. The first-order valence-corrected chi connectivity index (χ1v) is 31.6. The van der Waals surface area contributed by atoms with Gasteiger partial charge in [0.05, 0.1) is 17.1 Å². The molecule has 0 saturated carbocycles. The molecule has 0 aliphatic heterocycles. The van der Waals surface area contributed by atoms with Gasteiger partial charge < -0.3 is 4.42 Å². The van der Waals surface area contributed by atoms with Crippen molar-refractivity contribution in [2.45, 2.75) is 149 Å². The Morgan fingerprint density at radius 2 is 0.613 bits per heavy atom. The number of thiophene rings is 1. The average molecular weight is 1080 g/mol. The van der Waals surface area contributed by atoms with Crippen LogP contribution in [0, 0.1) is 0 Å². The molecule has 0 radical (unpaired) electrons. The number of benzene rings is 8. The van der Waals surface area contributed by atoms with Crippen LogP contribution in [-0.4, -0.2) is 0 Å². The van der Waals surface area contributed by atoms with Gasteiger partial charge >= 0.3 is 0 Å². The Kier molecular flexibility index (Phi) is 28.5. The summed E-state index contributed by atoms with van der Waals surface area (Å²) >= 11 is 1.83. The lowest BCUT2D eigenvalue weighted by molar-refractivity contribution is 0.604. The van der Waals surface area contributed by atoms with Gasteiger partial charge in [0.15, 0.2) is 0 Å². The average Bonchev–Trinajstić information content (AvgIpc) is 4.52. The number of rotatable bonds is 0. The molecule has 2 spiro atoms. The smallest absolute Gasteiger partial charge is 0.139 e. The second-order valence-corrected chi connectivity index (χ2v) is 17.2. The SMILES string of the molecule is C1=CC2(c3ccccc3-c3ccccc3-c3ccccc32)c2c1ccc1ccoc21.C1=CC2(c3ccccc3-c3ccccc3-c3ccccc32)c2c1ccc1sccc21.CC.CC.CC.CC.CC.CC.CC.CC.CC.CC. The summed E-state index contributed by atoms with van der Waals surface area (Å²) in [6.45, 7) is 40.0. The summed E-state index contributed by atoms with van der Waals surface area (Å²) in [7, 11) is 0. The summed E-state index contributed by atoms with van der Waals surface area (Å²) in [4.78, 5) is 0. The van der Waals surface area contributed by atoms with Crippen molar-refractivity contribution in [2.24, 2.45) is 0 Å². The van der Waals surface area contributed by atoms with Crippen LogP contribution in [0.3, 0.4) is 0 Å². The highest BCUT2D eigenvalue weighted by Crippen LogP contribution is 2.59. The Labute approximate surface area is 490 Å². The minimum absolute atomic E-state index is 0.290. The van der Waals surface area contributed by atoms with Crippen molar-refractivity contribution in [3.63, 3.8) is 0 Å². The quantitative estimate of drug-likeness (QED) is 0.148. The van der Waals surface area contributed by atoms with Crippen LogP contribution in [0.2, 0.25) is 0 Å². The van der Waals surface area contributed by atoms with Gasteiger partial charge in [-0.1, -0.05) is 327 Å². The Bertz CT molecular complexity index is 3100. The lowest BCUT2D eigenvalue weighted by atomic mass is 9.68. The number of allylic oxidation sites excluding steroid dienone is 2. The Hall–Kier alpha value is -7.26.